The fourth-order valence-electron chi connectivity index (χ4n) is 1.07. The molecule has 0 saturated heterocycles. The highest BCUT2D eigenvalue weighted by atomic mass is 16.5. The summed E-state index contributed by atoms with van der Waals surface area (Å²) in [5.41, 5.74) is -0.269. The summed E-state index contributed by atoms with van der Waals surface area (Å²) >= 11 is 0. The molecule has 0 radical (unpaired) electrons. The van der Waals surface area contributed by atoms with Crippen LogP contribution in [0.2, 0.25) is 0 Å². The third-order valence-corrected chi connectivity index (χ3v) is 1.74. The minimum Gasteiger partial charge on any atom is -0.465 e. The van der Waals surface area contributed by atoms with E-state index in [1.165, 1.54) is 14.2 Å². The van der Waals surface area contributed by atoms with Gasteiger partial charge in [-0.25, -0.2) is 14.8 Å². The first-order valence-corrected chi connectivity index (χ1v) is 4.16. The number of methoxy groups -OCH3 is 1. The quantitative estimate of drug-likeness (QED) is 0.696. The van der Waals surface area contributed by atoms with Crippen molar-refractivity contribution in [3.63, 3.8) is 0 Å². The summed E-state index contributed by atoms with van der Waals surface area (Å²) in [6, 6.07) is 3.41. The summed E-state index contributed by atoms with van der Waals surface area (Å²) in [4.78, 5) is 18.8. The SMILES string of the molecule is CNc1nc(C#N)nc(C#N)c1C(=O)OC. The number of nitrogens with zero attached hydrogens (tertiary/aromatic N) is 4. The Bertz CT molecular complexity index is 512. The lowest BCUT2D eigenvalue weighted by Gasteiger charge is -2.07. The van der Waals surface area contributed by atoms with E-state index in [9.17, 15) is 4.79 Å². The Morgan fingerprint density at radius 2 is 2.06 bits per heavy atom. The van der Waals surface area contributed by atoms with Gasteiger partial charge in [0.15, 0.2) is 5.69 Å². The third-order valence-electron chi connectivity index (χ3n) is 1.74. The molecular formula is C9H7N5O2. The Labute approximate surface area is 91.3 Å². The van der Waals surface area contributed by atoms with Gasteiger partial charge in [0.05, 0.1) is 7.11 Å². The molecule has 1 aromatic heterocycles. The van der Waals surface area contributed by atoms with Gasteiger partial charge in [-0.15, -0.1) is 0 Å². The molecule has 7 nitrogen and oxygen atoms in total. The first-order chi connectivity index (χ1) is 7.67. The fraction of sp³-hybridized carbons (Fsp3) is 0.222. The van der Waals surface area contributed by atoms with E-state index in [-0.39, 0.29) is 22.9 Å². The summed E-state index contributed by atoms with van der Waals surface area (Å²) in [6.07, 6.45) is 0. The van der Waals surface area contributed by atoms with Crippen LogP contribution < -0.4 is 5.32 Å². The van der Waals surface area contributed by atoms with E-state index in [0.29, 0.717) is 0 Å². The van der Waals surface area contributed by atoms with Crippen LogP contribution in [0.5, 0.6) is 0 Å². The van der Waals surface area contributed by atoms with Crippen molar-refractivity contribution in [1.82, 2.24) is 9.97 Å². The van der Waals surface area contributed by atoms with Crippen molar-refractivity contribution in [2.45, 2.75) is 0 Å². The number of hydrogen-bond donors (Lipinski definition) is 1. The van der Waals surface area contributed by atoms with Crippen LogP contribution in [0.3, 0.4) is 0 Å². The summed E-state index contributed by atoms with van der Waals surface area (Å²) in [5, 5.41) is 20.1. The Morgan fingerprint density at radius 1 is 1.38 bits per heavy atom. The second kappa shape index (κ2) is 4.71. The molecule has 0 aromatic carbocycles. The van der Waals surface area contributed by atoms with Gasteiger partial charge in [-0.2, -0.15) is 10.5 Å². The molecule has 1 aromatic rings. The summed E-state index contributed by atoms with van der Waals surface area (Å²) in [7, 11) is 2.69. The van der Waals surface area contributed by atoms with Crippen LogP contribution in [-0.2, 0) is 4.74 Å². The number of aromatic nitrogens is 2. The molecule has 0 atom stereocenters. The molecule has 0 aliphatic rings. The average Bonchev–Trinajstić information content (AvgIpc) is 2.35. The molecular weight excluding hydrogens is 210 g/mol. The van der Waals surface area contributed by atoms with Gasteiger partial charge in [-0.3, -0.25) is 0 Å². The highest BCUT2D eigenvalue weighted by Crippen LogP contribution is 2.16. The second-order valence-corrected chi connectivity index (χ2v) is 2.58. The molecule has 7 heteroatoms. The zero-order chi connectivity index (χ0) is 12.1. The van der Waals surface area contributed by atoms with Crippen molar-refractivity contribution >= 4 is 11.8 Å². The van der Waals surface area contributed by atoms with Crippen molar-refractivity contribution in [2.24, 2.45) is 0 Å². The maximum Gasteiger partial charge on any atom is 0.344 e. The minimum atomic E-state index is -0.731. The van der Waals surface area contributed by atoms with Crippen LogP contribution in [0.4, 0.5) is 5.82 Å². The van der Waals surface area contributed by atoms with Crippen molar-refractivity contribution < 1.29 is 9.53 Å². The lowest BCUT2D eigenvalue weighted by Crippen LogP contribution is -2.13. The van der Waals surface area contributed by atoms with Gasteiger partial charge in [-0.05, 0) is 0 Å². The Kier molecular flexibility index (Phi) is 3.36. The molecule has 1 N–H and O–H groups in total. The zero-order valence-electron chi connectivity index (χ0n) is 8.61. The van der Waals surface area contributed by atoms with Crippen LogP contribution in [0.1, 0.15) is 21.9 Å². The molecule has 0 bridgehead atoms. The van der Waals surface area contributed by atoms with Crippen LogP contribution >= 0.6 is 0 Å². The van der Waals surface area contributed by atoms with E-state index in [2.05, 4.69) is 20.0 Å². The Morgan fingerprint density at radius 3 is 2.50 bits per heavy atom. The van der Waals surface area contributed by atoms with Crippen molar-refractivity contribution in [2.75, 3.05) is 19.5 Å². The van der Waals surface area contributed by atoms with E-state index in [0.717, 1.165) is 0 Å². The molecule has 1 rings (SSSR count). The first kappa shape index (κ1) is 11.4. The molecule has 16 heavy (non-hydrogen) atoms. The lowest BCUT2D eigenvalue weighted by atomic mass is 10.2. The molecule has 1 heterocycles. The predicted molar refractivity (Wildman–Crippen MR) is 52.3 cm³/mol. The number of anilines is 1. The van der Waals surface area contributed by atoms with Gasteiger partial charge in [0, 0.05) is 7.05 Å². The van der Waals surface area contributed by atoms with E-state index in [1.807, 2.05) is 0 Å². The number of nitrogens with one attached hydrogen (secondary N) is 1. The summed E-state index contributed by atoms with van der Waals surface area (Å²) in [5.74, 6) is -0.825. The molecule has 0 aliphatic heterocycles. The van der Waals surface area contributed by atoms with Gasteiger partial charge < -0.3 is 10.1 Å². The van der Waals surface area contributed by atoms with Crippen LogP contribution in [-0.4, -0.2) is 30.1 Å². The van der Waals surface area contributed by atoms with Crippen LogP contribution in [0, 0.1) is 22.7 Å². The van der Waals surface area contributed by atoms with Crippen LogP contribution in [0.25, 0.3) is 0 Å². The van der Waals surface area contributed by atoms with Crippen molar-refractivity contribution in [3.05, 3.63) is 17.1 Å². The Balaban J connectivity index is 3.52. The largest absolute Gasteiger partial charge is 0.465 e. The number of hydrogen-bond acceptors (Lipinski definition) is 7. The molecule has 0 saturated carbocycles. The van der Waals surface area contributed by atoms with Gasteiger partial charge >= 0.3 is 5.97 Å². The summed E-state index contributed by atoms with van der Waals surface area (Å²) in [6.45, 7) is 0. The number of esters is 1. The normalized spacial score (nSPS) is 8.75. The van der Waals surface area contributed by atoms with Crippen molar-refractivity contribution in [1.29, 1.82) is 10.5 Å². The smallest absolute Gasteiger partial charge is 0.344 e. The highest BCUT2D eigenvalue weighted by Gasteiger charge is 2.20. The number of ether oxygens (including phenoxy) is 1. The van der Waals surface area contributed by atoms with E-state index in [1.54, 1.807) is 12.1 Å². The van der Waals surface area contributed by atoms with Gasteiger partial charge in [0.2, 0.25) is 5.82 Å². The van der Waals surface area contributed by atoms with Gasteiger partial charge in [0.25, 0.3) is 0 Å². The number of carbonyl (C=O) groups excluding carboxylic acids is 1. The van der Waals surface area contributed by atoms with Crippen LogP contribution in [0.15, 0.2) is 0 Å². The van der Waals surface area contributed by atoms with E-state index >= 15 is 0 Å². The zero-order valence-corrected chi connectivity index (χ0v) is 8.61. The standard InChI is InChI=1S/C9H7N5O2/c1-12-8-7(9(15)16-2)5(3-10)13-6(4-11)14-8/h1-2H3,(H,12,13,14). The average molecular weight is 217 g/mol. The third kappa shape index (κ3) is 1.88. The second-order valence-electron chi connectivity index (χ2n) is 2.58. The molecule has 0 fully saturated rings. The van der Waals surface area contributed by atoms with Gasteiger partial charge in [-0.1, -0.05) is 0 Å². The topological polar surface area (TPSA) is 112 Å². The lowest BCUT2D eigenvalue weighted by molar-refractivity contribution is 0.0600. The maximum atomic E-state index is 11.4. The van der Waals surface area contributed by atoms with E-state index < -0.39 is 5.97 Å². The highest BCUT2D eigenvalue weighted by molar-refractivity contribution is 5.96. The molecule has 0 amide bonds. The number of rotatable bonds is 2. The Hall–Kier alpha value is -2.67. The van der Waals surface area contributed by atoms with Crippen molar-refractivity contribution in [3.8, 4) is 12.1 Å². The molecule has 0 aliphatic carbocycles. The van der Waals surface area contributed by atoms with Gasteiger partial charge in [0.1, 0.15) is 23.5 Å². The molecule has 0 unspecified atom stereocenters. The summed E-state index contributed by atoms with van der Waals surface area (Å²) < 4.78 is 4.50. The predicted octanol–water partition coefficient (Wildman–Crippen LogP) is 0.0483. The monoisotopic (exact) mass is 217 g/mol. The minimum absolute atomic E-state index is 0.0773. The molecule has 80 valence electrons. The number of nitriles is 2. The fourth-order valence-corrected chi connectivity index (χ4v) is 1.07. The number of carbonyl (C=O) groups is 1. The maximum absolute atomic E-state index is 11.4. The molecule has 0 spiro atoms. The van der Waals surface area contributed by atoms with E-state index in [4.69, 9.17) is 10.5 Å². The first-order valence-electron chi connectivity index (χ1n) is 4.16.